The smallest absolute Gasteiger partial charge is 0.255 e. The van der Waals surface area contributed by atoms with Crippen LogP contribution in [0.3, 0.4) is 0 Å². The molecule has 5 rings (SSSR count). The third-order valence-corrected chi connectivity index (χ3v) is 5.82. The average Bonchev–Trinajstić information content (AvgIpc) is 3.26. The lowest BCUT2D eigenvalue weighted by Crippen LogP contribution is -2.52. The Bertz CT molecular complexity index is 1420. The molecule has 2 aromatic carbocycles. The van der Waals surface area contributed by atoms with Gasteiger partial charge in [-0.3, -0.25) is 24.6 Å². The molecule has 3 heterocycles. The molecule has 178 valence electrons. The molecule has 0 aliphatic carbocycles. The van der Waals surface area contributed by atoms with Crippen molar-refractivity contribution in [2.24, 2.45) is 0 Å². The molecule has 3 amide bonds. The van der Waals surface area contributed by atoms with Crippen LogP contribution in [-0.4, -0.2) is 59.9 Å². The van der Waals surface area contributed by atoms with Gasteiger partial charge in [-0.1, -0.05) is 18.2 Å². The molecular formula is C25H26FN3O5. The van der Waals surface area contributed by atoms with Gasteiger partial charge < -0.3 is 14.4 Å². The number of carbonyl (C=O) groups is 3. The van der Waals surface area contributed by atoms with Crippen molar-refractivity contribution in [1.82, 2.24) is 15.1 Å². The second-order valence-corrected chi connectivity index (χ2v) is 8.03. The lowest BCUT2D eigenvalue weighted by Gasteiger charge is -2.29. The molecule has 9 heteroatoms. The topological polar surface area (TPSA) is 88.2 Å². The maximum atomic E-state index is 15.3. The van der Waals surface area contributed by atoms with Crippen molar-refractivity contribution in [2.45, 2.75) is 38.5 Å². The second kappa shape index (κ2) is 9.52. The number of carbonyl (C=O) groups excluding carboxylic acids is 3. The van der Waals surface area contributed by atoms with Gasteiger partial charge in [-0.15, -0.1) is 0 Å². The zero-order valence-electron chi connectivity index (χ0n) is 25.1. The van der Waals surface area contributed by atoms with E-state index < -0.39 is 61.0 Å². The van der Waals surface area contributed by atoms with Crippen LogP contribution < -0.4 is 10.1 Å². The second-order valence-electron chi connectivity index (χ2n) is 8.03. The molecule has 0 spiro atoms. The summed E-state index contributed by atoms with van der Waals surface area (Å²) in [5.74, 6) is -4.34. The Hall–Kier alpha value is -3.30. The van der Waals surface area contributed by atoms with Gasteiger partial charge in [0.25, 0.3) is 5.91 Å². The molecule has 34 heavy (non-hydrogen) atoms. The van der Waals surface area contributed by atoms with Crippen LogP contribution in [0, 0.1) is 5.82 Å². The third kappa shape index (κ3) is 4.53. The molecule has 0 bridgehead atoms. The number of amides is 3. The molecule has 1 unspecified atom stereocenters. The first-order chi connectivity index (χ1) is 19.3. The van der Waals surface area contributed by atoms with E-state index in [1.54, 1.807) is 5.32 Å². The summed E-state index contributed by atoms with van der Waals surface area (Å²) in [6.07, 6.45) is -6.15. The van der Waals surface area contributed by atoms with Gasteiger partial charge in [0.1, 0.15) is 24.2 Å². The van der Waals surface area contributed by atoms with Crippen LogP contribution >= 0.6 is 0 Å². The first kappa shape index (κ1) is 15.6. The van der Waals surface area contributed by atoms with Gasteiger partial charge in [0.05, 0.1) is 23.9 Å². The lowest BCUT2D eigenvalue weighted by molar-refractivity contribution is -0.136. The van der Waals surface area contributed by atoms with E-state index in [0.717, 1.165) is 4.90 Å². The van der Waals surface area contributed by atoms with Crippen molar-refractivity contribution in [3.8, 4) is 5.75 Å². The quantitative estimate of drug-likeness (QED) is 0.645. The zero-order valence-corrected chi connectivity index (χ0v) is 18.1. The van der Waals surface area contributed by atoms with Gasteiger partial charge in [-0.25, -0.2) is 4.39 Å². The number of nitrogens with one attached hydrogen (secondary N) is 1. The summed E-state index contributed by atoms with van der Waals surface area (Å²) in [4.78, 5) is 40.5. The Morgan fingerprint density at radius 2 is 2.06 bits per heavy atom. The van der Waals surface area contributed by atoms with Gasteiger partial charge in [0.2, 0.25) is 11.8 Å². The SMILES string of the molecule is [2H]c1c([2H])c(COc2cccc3c2CN(C2C(=O)NC(=O)C([2H])([2H])C2([2H])[2H])C3=O)c(F)c([2H])c1CN1CCOCC1. The Labute approximate surface area is 206 Å². The van der Waals surface area contributed by atoms with E-state index in [2.05, 4.69) is 0 Å². The van der Waals surface area contributed by atoms with E-state index in [4.69, 9.17) is 19.1 Å². The Balaban J connectivity index is 1.40. The molecule has 0 aromatic heterocycles. The highest BCUT2D eigenvalue weighted by Crippen LogP contribution is 2.34. The number of ether oxygens (including phenoxy) is 2. The number of imide groups is 1. The molecule has 2 aromatic rings. The first-order valence-electron chi connectivity index (χ1n) is 14.3. The molecule has 3 aliphatic rings. The number of halogens is 1. The monoisotopic (exact) mass is 474 g/mol. The maximum absolute atomic E-state index is 15.3. The molecular weight excluding hydrogens is 441 g/mol. The van der Waals surface area contributed by atoms with Gasteiger partial charge in [0, 0.05) is 48.2 Å². The minimum Gasteiger partial charge on any atom is -0.488 e. The molecule has 0 saturated carbocycles. The van der Waals surface area contributed by atoms with Crippen LogP contribution in [0.1, 0.15) is 49.4 Å². The minimum absolute atomic E-state index is 0.0401. The Kier molecular flexibility index (Phi) is 4.36. The Morgan fingerprint density at radius 1 is 1.24 bits per heavy atom. The molecule has 1 atom stereocenters. The van der Waals surface area contributed by atoms with Crippen LogP contribution in [0.4, 0.5) is 4.39 Å². The summed E-state index contributed by atoms with van der Waals surface area (Å²) >= 11 is 0. The van der Waals surface area contributed by atoms with Crippen molar-refractivity contribution < 1.29 is 37.8 Å². The van der Waals surface area contributed by atoms with E-state index >= 15 is 4.39 Å². The molecule has 1 N–H and O–H groups in total. The van der Waals surface area contributed by atoms with Crippen LogP contribution in [0.2, 0.25) is 0 Å². The fourth-order valence-electron chi connectivity index (χ4n) is 4.06. The van der Waals surface area contributed by atoms with Crippen LogP contribution in [-0.2, 0) is 34.0 Å². The standard InChI is InChI=1S/C25H26FN3O5/c26-20-12-16(13-28-8-10-33-11-9-28)4-5-17(20)15-34-22-3-1-2-18-19(22)14-29(25(18)32)21-6-7-23(30)27-24(21)31/h1-5,12,21H,6-11,13-15H2,(H,27,30,31)/i4D,5D,6D2,7D2,12D. The Morgan fingerprint density at radius 3 is 2.88 bits per heavy atom. The van der Waals surface area contributed by atoms with Gasteiger partial charge in [0.15, 0.2) is 0 Å². The van der Waals surface area contributed by atoms with Gasteiger partial charge >= 0.3 is 0 Å². The lowest BCUT2D eigenvalue weighted by atomic mass is 10.0. The van der Waals surface area contributed by atoms with Crippen molar-refractivity contribution in [1.29, 1.82) is 0 Å². The number of hydrogen-bond acceptors (Lipinski definition) is 6. The maximum Gasteiger partial charge on any atom is 0.255 e. The van der Waals surface area contributed by atoms with Gasteiger partial charge in [-0.2, -0.15) is 0 Å². The summed E-state index contributed by atoms with van der Waals surface area (Å²) in [5, 5.41) is 1.79. The fourth-order valence-corrected chi connectivity index (χ4v) is 4.06. The molecule has 2 saturated heterocycles. The fraction of sp³-hybridized carbons (Fsp3) is 0.400. The highest BCUT2D eigenvalue weighted by atomic mass is 19.1. The number of nitrogens with zero attached hydrogens (tertiary/aromatic N) is 2. The number of fused-ring (bicyclic) bond motifs is 1. The van der Waals surface area contributed by atoms with E-state index in [0.29, 0.717) is 26.3 Å². The van der Waals surface area contributed by atoms with Gasteiger partial charge in [-0.05, 0) is 30.1 Å². The summed E-state index contributed by atoms with van der Waals surface area (Å²) in [5.41, 5.74) is 0.0163. The average molecular weight is 475 g/mol. The summed E-state index contributed by atoms with van der Waals surface area (Å²) < 4.78 is 83.6. The van der Waals surface area contributed by atoms with Crippen molar-refractivity contribution in [3.63, 3.8) is 0 Å². The van der Waals surface area contributed by atoms with E-state index in [-0.39, 0.29) is 47.1 Å². The van der Waals surface area contributed by atoms with Crippen molar-refractivity contribution >= 4 is 17.7 Å². The largest absolute Gasteiger partial charge is 0.488 e. The highest BCUT2D eigenvalue weighted by molar-refractivity contribution is 6.05. The highest BCUT2D eigenvalue weighted by Gasteiger charge is 2.40. The van der Waals surface area contributed by atoms with Crippen molar-refractivity contribution in [3.05, 3.63) is 64.4 Å². The van der Waals surface area contributed by atoms with Crippen LogP contribution in [0.5, 0.6) is 5.75 Å². The third-order valence-electron chi connectivity index (χ3n) is 5.82. The molecule has 2 fully saturated rings. The normalized spacial score (nSPS) is 26.9. The summed E-state index contributed by atoms with van der Waals surface area (Å²) in [6, 6.07) is 1.10. The number of piperidine rings is 1. The van der Waals surface area contributed by atoms with E-state index in [9.17, 15) is 14.4 Å². The number of benzene rings is 2. The summed E-state index contributed by atoms with van der Waals surface area (Å²) in [6.45, 7) is 1.27. The number of hydrogen-bond donors (Lipinski definition) is 1. The molecule has 3 aliphatic heterocycles. The number of rotatable bonds is 6. The minimum atomic E-state index is -3.10. The van der Waals surface area contributed by atoms with Crippen molar-refractivity contribution in [2.75, 3.05) is 26.3 Å². The molecule has 8 nitrogen and oxygen atoms in total. The summed E-state index contributed by atoms with van der Waals surface area (Å²) in [7, 11) is 0. The predicted octanol–water partition coefficient (Wildman–Crippen LogP) is 2.00. The van der Waals surface area contributed by atoms with E-state index in [1.165, 1.54) is 18.2 Å². The molecule has 0 radical (unpaired) electrons. The predicted molar refractivity (Wildman–Crippen MR) is 119 cm³/mol. The van der Waals surface area contributed by atoms with Crippen LogP contribution in [0.25, 0.3) is 0 Å². The number of morpholine rings is 1. The first-order valence-corrected chi connectivity index (χ1v) is 10.8. The van der Waals surface area contributed by atoms with E-state index in [1.807, 2.05) is 4.90 Å². The zero-order chi connectivity index (χ0) is 29.9. The van der Waals surface area contributed by atoms with Crippen LogP contribution in [0.15, 0.2) is 36.3 Å².